The number of rotatable bonds is 4. The topological polar surface area (TPSA) is 92.8 Å². The number of likely N-dealkylation sites (tertiary alicyclic amines) is 1. The van der Waals surface area contributed by atoms with Crippen LogP contribution in [-0.4, -0.2) is 53.9 Å². The van der Waals surface area contributed by atoms with E-state index in [4.69, 9.17) is 9.47 Å². The summed E-state index contributed by atoms with van der Waals surface area (Å²) in [5, 5.41) is 5.72. The van der Waals surface area contributed by atoms with Crippen LogP contribution in [0.1, 0.15) is 39.2 Å². The molecular formula is C18H28N4O4. The zero-order valence-electron chi connectivity index (χ0n) is 15.9. The zero-order chi connectivity index (χ0) is 19.2. The van der Waals surface area contributed by atoms with Crippen LogP contribution in [0.25, 0.3) is 0 Å². The molecule has 0 saturated carbocycles. The number of carbonyl (C=O) groups is 2. The fourth-order valence-corrected chi connectivity index (χ4v) is 2.78. The summed E-state index contributed by atoms with van der Waals surface area (Å²) in [5.74, 6) is 0.496. The SMILES string of the molecule is COc1ncccc1CNC(=O)N1CCC[C@H](NC(=O)OC(C)(C)C)C1. The highest BCUT2D eigenvalue weighted by molar-refractivity contribution is 5.74. The van der Waals surface area contributed by atoms with Crippen LogP contribution in [0, 0.1) is 0 Å². The molecule has 0 radical (unpaired) electrons. The molecule has 0 aliphatic carbocycles. The molecule has 1 aliphatic rings. The number of ether oxygens (including phenoxy) is 2. The first kappa shape index (κ1) is 19.8. The highest BCUT2D eigenvalue weighted by atomic mass is 16.6. The number of piperidine rings is 1. The molecule has 1 aromatic heterocycles. The maximum Gasteiger partial charge on any atom is 0.407 e. The molecule has 144 valence electrons. The van der Waals surface area contributed by atoms with Gasteiger partial charge in [-0.25, -0.2) is 14.6 Å². The predicted molar refractivity (Wildman–Crippen MR) is 97.0 cm³/mol. The van der Waals surface area contributed by atoms with Gasteiger partial charge in [-0.15, -0.1) is 0 Å². The minimum atomic E-state index is -0.543. The van der Waals surface area contributed by atoms with Gasteiger partial charge in [0.05, 0.1) is 7.11 Å². The minimum absolute atomic E-state index is 0.114. The fraction of sp³-hybridized carbons (Fsp3) is 0.611. The molecule has 2 N–H and O–H groups in total. The van der Waals surface area contributed by atoms with Gasteiger partial charge in [0.1, 0.15) is 5.60 Å². The Kier molecular flexibility index (Phi) is 6.65. The van der Waals surface area contributed by atoms with Gasteiger partial charge in [0, 0.05) is 37.4 Å². The van der Waals surface area contributed by atoms with E-state index in [0.717, 1.165) is 18.4 Å². The molecule has 0 aromatic carbocycles. The normalized spacial score (nSPS) is 17.4. The van der Waals surface area contributed by atoms with Gasteiger partial charge in [0.2, 0.25) is 5.88 Å². The van der Waals surface area contributed by atoms with Crippen molar-refractivity contribution in [3.8, 4) is 5.88 Å². The van der Waals surface area contributed by atoms with E-state index in [1.807, 2.05) is 26.8 Å². The number of carbonyl (C=O) groups excluding carboxylic acids is 2. The Bertz CT molecular complexity index is 630. The molecule has 2 heterocycles. The molecule has 2 rings (SSSR count). The lowest BCUT2D eigenvalue weighted by molar-refractivity contribution is 0.0479. The fourth-order valence-electron chi connectivity index (χ4n) is 2.78. The van der Waals surface area contributed by atoms with Crippen molar-refractivity contribution in [1.29, 1.82) is 0 Å². The summed E-state index contributed by atoms with van der Waals surface area (Å²) in [4.78, 5) is 30.2. The Morgan fingerprint density at radius 3 is 2.85 bits per heavy atom. The van der Waals surface area contributed by atoms with E-state index >= 15 is 0 Å². The highest BCUT2D eigenvalue weighted by Crippen LogP contribution is 2.15. The molecule has 3 amide bonds. The van der Waals surface area contributed by atoms with E-state index < -0.39 is 11.7 Å². The summed E-state index contributed by atoms with van der Waals surface area (Å²) in [7, 11) is 1.55. The van der Waals surface area contributed by atoms with Gasteiger partial charge in [-0.1, -0.05) is 6.07 Å². The summed E-state index contributed by atoms with van der Waals surface area (Å²) in [6.07, 6.45) is 2.83. The second-order valence-electron chi connectivity index (χ2n) is 7.26. The van der Waals surface area contributed by atoms with Gasteiger partial charge in [-0.05, 0) is 39.7 Å². The lowest BCUT2D eigenvalue weighted by Gasteiger charge is -2.33. The largest absolute Gasteiger partial charge is 0.481 e. The van der Waals surface area contributed by atoms with Crippen molar-refractivity contribution in [2.45, 2.75) is 51.8 Å². The minimum Gasteiger partial charge on any atom is -0.481 e. The summed E-state index contributed by atoms with van der Waals surface area (Å²) in [6, 6.07) is 3.37. The number of pyridine rings is 1. The molecule has 1 saturated heterocycles. The van der Waals surface area contributed by atoms with E-state index in [9.17, 15) is 9.59 Å². The van der Waals surface area contributed by atoms with Crippen LogP contribution in [-0.2, 0) is 11.3 Å². The van der Waals surface area contributed by atoms with Gasteiger partial charge in [-0.2, -0.15) is 0 Å². The Balaban J connectivity index is 1.84. The standard InChI is InChI=1S/C18H28N4O4/c1-18(2,3)26-17(24)21-14-8-6-10-22(12-14)16(23)20-11-13-7-5-9-19-15(13)25-4/h5,7,9,14H,6,8,10-12H2,1-4H3,(H,20,23)(H,21,24)/t14-/m0/s1. The van der Waals surface area contributed by atoms with Crippen molar-refractivity contribution in [3.05, 3.63) is 23.9 Å². The molecule has 1 atom stereocenters. The molecule has 1 aliphatic heterocycles. The number of hydrogen-bond acceptors (Lipinski definition) is 5. The van der Waals surface area contributed by atoms with Gasteiger partial charge in [-0.3, -0.25) is 0 Å². The Hall–Kier alpha value is -2.51. The van der Waals surface area contributed by atoms with Crippen LogP contribution in [0.5, 0.6) is 5.88 Å². The van der Waals surface area contributed by atoms with Crippen LogP contribution in [0.3, 0.4) is 0 Å². The van der Waals surface area contributed by atoms with Crippen LogP contribution >= 0.6 is 0 Å². The monoisotopic (exact) mass is 364 g/mol. The average Bonchev–Trinajstić information content (AvgIpc) is 2.58. The summed E-state index contributed by atoms with van der Waals surface area (Å²) < 4.78 is 10.5. The molecular weight excluding hydrogens is 336 g/mol. The molecule has 8 nitrogen and oxygen atoms in total. The van der Waals surface area contributed by atoms with E-state index in [1.165, 1.54) is 0 Å². The van der Waals surface area contributed by atoms with E-state index in [-0.39, 0.29) is 12.1 Å². The van der Waals surface area contributed by atoms with Crippen LogP contribution in [0.15, 0.2) is 18.3 Å². The second-order valence-corrected chi connectivity index (χ2v) is 7.26. The number of aromatic nitrogens is 1. The van der Waals surface area contributed by atoms with Crippen molar-refractivity contribution in [2.24, 2.45) is 0 Å². The van der Waals surface area contributed by atoms with Gasteiger partial charge >= 0.3 is 12.1 Å². The smallest absolute Gasteiger partial charge is 0.407 e. The van der Waals surface area contributed by atoms with Crippen molar-refractivity contribution >= 4 is 12.1 Å². The number of hydrogen-bond donors (Lipinski definition) is 2. The summed E-state index contributed by atoms with van der Waals surface area (Å²) >= 11 is 0. The number of nitrogens with one attached hydrogen (secondary N) is 2. The average molecular weight is 364 g/mol. The first-order valence-electron chi connectivity index (χ1n) is 8.78. The Morgan fingerprint density at radius 1 is 1.38 bits per heavy atom. The third kappa shape index (κ3) is 6.09. The Morgan fingerprint density at radius 2 is 2.15 bits per heavy atom. The maximum atomic E-state index is 12.4. The van der Waals surface area contributed by atoms with Crippen molar-refractivity contribution in [1.82, 2.24) is 20.5 Å². The van der Waals surface area contributed by atoms with Gasteiger partial charge in [0.15, 0.2) is 0 Å². The van der Waals surface area contributed by atoms with E-state index in [2.05, 4.69) is 15.6 Å². The molecule has 0 spiro atoms. The lowest BCUT2D eigenvalue weighted by atomic mass is 10.1. The van der Waals surface area contributed by atoms with Crippen molar-refractivity contribution in [3.63, 3.8) is 0 Å². The number of urea groups is 1. The lowest BCUT2D eigenvalue weighted by Crippen LogP contribution is -2.52. The first-order chi connectivity index (χ1) is 12.3. The van der Waals surface area contributed by atoms with Crippen molar-refractivity contribution in [2.75, 3.05) is 20.2 Å². The first-order valence-corrected chi connectivity index (χ1v) is 8.78. The second kappa shape index (κ2) is 8.73. The number of nitrogens with zero attached hydrogens (tertiary/aromatic N) is 2. The van der Waals surface area contributed by atoms with Gasteiger partial charge in [0.25, 0.3) is 0 Å². The third-order valence-electron chi connectivity index (χ3n) is 3.90. The molecule has 1 fully saturated rings. The van der Waals surface area contributed by atoms with Gasteiger partial charge < -0.3 is 25.0 Å². The number of methoxy groups -OCH3 is 1. The number of alkyl carbamates (subject to hydrolysis) is 1. The van der Waals surface area contributed by atoms with E-state index in [1.54, 1.807) is 24.3 Å². The third-order valence-corrected chi connectivity index (χ3v) is 3.90. The quantitative estimate of drug-likeness (QED) is 0.855. The van der Waals surface area contributed by atoms with E-state index in [0.29, 0.717) is 25.5 Å². The highest BCUT2D eigenvalue weighted by Gasteiger charge is 2.26. The van der Waals surface area contributed by atoms with Crippen LogP contribution in [0.2, 0.25) is 0 Å². The van der Waals surface area contributed by atoms with Crippen molar-refractivity contribution < 1.29 is 19.1 Å². The maximum absolute atomic E-state index is 12.4. The predicted octanol–water partition coefficient (Wildman–Crippen LogP) is 2.29. The molecule has 1 aromatic rings. The molecule has 0 unspecified atom stereocenters. The Labute approximate surface area is 154 Å². The summed E-state index contributed by atoms with van der Waals surface area (Å²) in [5.41, 5.74) is 0.266. The zero-order valence-corrected chi connectivity index (χ0v) is 15.9. The van der Waals surface area contributed by atoms with Crippen LogP contribution in [0.4, 0.5) is 9.59 Å². The molecule has 26 heavy (non-hydrogen) atoms. The van der Waals surface area contributed by atoms with Crippen LogP contribution < -0.4 is 15.4 Å². The molecule has 0 bridgehead atoms. The molecule has 8 heteroatoms. The number of amides is 3. The summed E-state index contributed by atoms with van der Waals surface area (Å²) in [6.45, 7) is 6.90.